The summed E-state index contributed by atoms with van der Waals surface area (Å²) in [6.45, 7) is 0. The van der Waals surface area contributed by atoms with Crippen LogP contribution in [0.5, 0.6) is 0 Å². The zero-order chi connectivity index (χ0) is 9.14. The van der Waals surface area contributed by atoms with Gasteiger partial charge in [-0.3, -0.25) is 14.9 Å². The molecule has 0 aliphatic carbocycles. The molecule has 0 unspecified atom stereocenters. The van der Waals surface area contributed by atoms with E-state index >= 15 is 0 Å². The van der Waals surface area contributed by atoms with Crippen molar-refractivity contribution in [1.82, 2.24) is 4.98 Å². The van der Waals surface area contributed by atoms with E-state index in [1.165, 1.54) is 0 Å². The summed E-state index contributed by atoms with van der Waals surface area (Å²) < 4.78 is 0. The quantitative estimate of drug-likeness (QED) is 0.556. The zero-order valence-electron chi connectivity index (χ0n) is 5.76. The van der Waals surface area contributed by atoms with Crippen LogP contribution in [0.4, 0.5) is 5.00 Å². The largest absolute Gasteiger partial charge is 0.481 e. The summed E-state index contributed by atoms with van der Waals surface area (Å²) in [5.74, 6) is -1.04. The molecule has 0 saturated carbocycles. The average Bonchev–Trinajstić information content (AvgIpc) is 2.34. The second kappa shape index (κ2) is 3.26. The van der Waals surface area contributed by atoms with Gasteiger partial charge in [0, 0.05) is 0 Å². The second-order valence-corrected chi connectivity index (χ2v) is 3.01. The Morgan fingerprint density at radius 2 is 2.50 bits per heavy atom. The van der Waals surface area contributed by atoms with E-state index in [-0.39, 0.29) is 16.4 Å². The van der Waals surface area contributed by atoms with Gasteiger partial charge in [0.15, 0.2) is 0 Å². The van der Waals surface area contributed by atoms with Gasteiger partial charge in [0.1, 0.15) is 11.2 Å². The number of hydrogen-bond donors (Lipinski definition) is 1. The van der Waals surface area contributed by atoms with Gasteiger partial charge in [-0.25, -0.2) is 4.98 Å². The number of aromatic nitrogens is 1. The van der Waals surface area contributed by atoms with Gasteiger partial charge in [-0.2, -0.15) is 0 Å². The molecule has 1 N–H and O–H groups in total. The minimum Gasteiger partial charge on any atom is -0.481 e. The molecule has 0 aromatic carbocycles. The van der Waals surface area contributed by atoms with Crippen molar-refractivity contribution in [1.29, 1.82) is 0 Å². The number of carboxylic acids is 1. The number of aliphatic carboxylic acids is 1. The normalized spacial score (nSPS) is 9.67. The smallest absolute Gasteiger partial charge is 0.343 e. The third kappa shape index (κ3) is 1.99. The van der Waals surface area contributed by atoms with E-state index < -0.39 is 10.9 Å². The first-order valence-electron chi connectivity index (χ1n) is 2.90. The monoisotopic (exact) mass is 188 g/mol. The number of carboxylic acid groups (broad SMARTS) is 1. The lowest BCUT2D eigenvalue weighted by Crippen LogP contribution is -1.98. The molecule has 7 heteroatoms. The molecule has 64 valence electrons. The van der Waals surface area contributed by atoms with Gasteiger partial charge in [0.2, 0.25) is 0 Å². The summed E-state index contributed by atoms with van der Waals surface area (Å²) in [4.78, 5) is 23.3. The van der Waals surface area contributed by atoms with Crippen LogP contribution in [-0.4, -0.2) is 21.0 Å². The van der Waals surface area contributed by atoms with Crippen LogP contribution < -0.4 is 0 Å². The fourth-order valence-corrected chi connectivity index (χ4v) is 1.32. The maximum atomic E-state index is 10.1. The molecule has 1 heterocycles. The fourth-order valence-electron chi connectivity index (χ4n) is 0.596. The van der Waals surface area contributed by atoms with E-state index in [4.69, 9.17) is 5.11 Å². The van der Waals surface area contributed by atoms with Gasteiger partial charge >= 0.3 is 11.0 Å². The van der Waals surface area contributed by atoms with Crippen molar-refractivity contribution in [3.05, 3.63) is 21.3 Å². The van der Waals surface area contributed by atoms with E-state index in [0.717, 1.165) is 17.5 Å². The van der Waals surface area contributed by atoms with Crippen molar-refractivity contribution in [2.75, 3.05) is 0 Å². The lowest BCUT2D eigenvalue weighted by atomic mass is 10.5. The van der Waals surface area contributed by atoms with E-state index in [0.29, 0.717) is 0 Å². The molecule has 0 bridgehead atoms. The Labute approximate surface area is 70.6 Å². The molecular weight excluding hydrogens is 184 g/mol. The minimum atomic E-state index is -1.04. The van der Waals surface area contributed by atoms with E-state index in [1.807, 2.05) is 0 Å². The van der Waals surface area contributed by atoms with E-state index in [1.54, 1.807) is 0 Å². The summed E-state index contributed by atoms with van der Waals surface area (Å²) in [6.07, 6.45) is 0.793. The molecule has 0 atom stereocenters. The Bertz CT molecular complexity index is 321. The zero-order valence-corrected chi connectivity index (χ0v) is 6.58. The van der Waals surface area contributed by atoms with Gasteiger partial charge in [-0.1, -0.05) is 0 Å². The van der Waals surface area contributed by atoms with Crippen LogP contribution in [0.15, 0.2) is 6.20 Å². The van der Waals surface area contributed by atoms with E-state index in [2.05, 4.69) is 4.98 Å². The number of hydrogen-bond acceptors (Lipinski definition) is 5. The highest BCUT2D eigenvalue weighted by molar-refractivity contribution is 7.14. The molecule has 1 aromatic heterocycles. The molecule has 1 aromatic rings. The summed E-state index contributed by atoms with van der Waals surface area (Å²) in [5, 5.41) is 18.6. The highest BCUT2D eigenvalue weighted by Crippen LogP contribution is 2.20. The number of nitro groups is 1. The molecule has 0 radical (unpaired) electrons. The number of rotatable bonds is 3. The standard InChI is InChI=1S/C5H4N2O4S/c8-5(9)1-3-6-2-4(12-3)7(10)11/h2H,1H2,(H,8,9). The van der Waals surface area contributed by atoms with Gasteiger partial charge in [0.25, 0.3) is 0 Å². The summed E-state index contributed by atoms with van der Waals surface area (Å²) >= 11 is 0.778. The Hall–Kier alpha value is -1.50. The maximum Gasteiger partial charge on any atom is 0.343 e. The number of thiazole rings is 1. The van der Waals surface area contributed by atoms with Gasteiger partial charge in [-0.15, -0.1) is 0 Å². The third-order valence-electron chi connectivity index (χ3n) is 1.02. The molecule has 0 aliphatic rings. The first-order valence-corrected chi connectivity index (χ1v) is 3.72. The van der Waals surface area contributed by atoms with Gasteiger partial charge in [-0.05, 0) is 11.3 Å². The predicted octanol–water partition coefficient (Wildman–Crippen LogP) is 0.678. The molecule has 0 fully saturated rings. The summed E-state index contributed by atoms with van der Waals surface area (Å²) in [7, 11) is 0. The van der Waals surface area contributed by atoms with Crippen molar-refractivity contribution in [2.24, 2.45) is 0 Å². The van der Waals surface area contributed by atoms with Crippen LogP contribution in [0, 0.1) is 10.1 Å². The number of carbonyl (C=O) groups is 1. The van der Waals surface area contributed by atoms with Crippen molar-refractivity contribution in [3.8, 4) is 0 Å². The topological polar surface area (TPSA) is 93.3 Å². The Kier molecular flexibility index (Phi) is 2.34. The third-order valence-corrected chi connectivity index (χ3v) is 1.97. The highest BCUT2D eigenvalue weighted by atomic mass is 32.1. The van der Waals surface area contributed by atoms with Crippen LogP contribution in [-0.2, 0) is 11.2 Å². The molecule has 12 heavy (non-hydrogen) atoms. The fraction of sp³-hybridized carbons (Fsp3) is 0.200. The molecule has 0 amide bonds. The van der Waals surface area contributed by atoms with Gasteiger partial charge in [0.05, 0.1) is 11.3 Å². The minimum absolute atomic E-state index is 0.133. The predicted molar refractivity (Wildman–Crippen MR) is 40.1 cm³/mol. The lowest BCUT2D eigenvalue weighted by molar-refractivity contribution is -0.380. The van der Waals surface area contributed by atoms with Crippen LogP contribution in [0.1, 0.15) is 5.01 Å². The second-order valence-electron chi connectivity index (χ2n) is 1.92. The molecular formula is C5H4N2O4S. The molecule has 0 spiro atoms. The van der Waals surface area contributed by atoms with Crippen molar-refractivity contribution < 1.29 is 14.8 Å². The molecule has 0 saturated heterocycles. The average molecular weight is 188 g/mol. The SMILES string of the molecule is O=C(O)Cc1ncc([N+](=O)[O-])s1. The Balaban J connectivity index is 2.77. The van der Waals surface area contributed by atoms with Crippen LogP contribution in [0.2, 0.25) is 0 Å². The summed E-state index contributed by atoms with van der Waals surface area (Å²) in [5.41, 5.74) is 0. The van der Waals surface area contributed by atoms with Crippen LogP contribution in [0.3, 0.4) is 0 Å². The van der Waals surface area contributed by atoms with Crippen molar-refractivity contribution >= 4 is 22.3 Å². The highest BCUT2D eigenvalue weighted by Gasteiger charge is 2.12. The van der Waals surface area contributed by atoms with Crippen molar-refractivity contribution in [2.45, 2.75) is 6.42 Å². The maximum absolute atomic E-state index is 10.1. The Morgan fingerprint density at radius 3 is 2.92 bits per heavy atom. The first kappa shape index (κ1) is 8.60. The van der Waals surface area contributed by atoms with Crippen LogP contribution in [0.25, 0.3) is 0 Å². The molecule has 0 aliphatic heterocycles. The Morgan fingerprint density at radius 1 is 1.83 bits per heavy atom. The van der Waals surface area contributed by atoms with E-state index in [9.17, 15) is 14.9 Å². The first-order chi connectivity index (χ1) is 5.59. The molecule has 6 nitrogen and oxygen atoms in total. The lowest BCUT2D eigenvalue weighted by Gasteiger charge is -1.84. The summed E-state index contributed by atoms with van der Waals surface area (Å²) in [6, 6.07) is 0. The van der Waals surface area contributed by atoms with Crippen molar-refractivity contribution in [3.63, 3.8) is 0 Å². The van der Waals surface area contributed by atoms with Crippen LogP contribution >= 0.6 is 11.3 Å². The number of nitrogens with zero attached hydrogens (tertiary/aromatic N) is 2. The molecule has 1 rings (SSSR count). The van der Waals surface area contributed by atoms with Gasteiger partial charge < -0.3 is 5.11 Å².